The molecular formula is C21H25ClN2OS. The normalized spacial score (nSPS) is 15.7. The molecule has 1 heterocycles. The van der Waals surface area contributed by atoms with E-state index in [9.17, 15) is 4.79 Å². The zero-order valence-electron chi connectivity index (χ0n) is 14.9. The van der Waals surface area contributed by atoms with Gasteiger partial charge in [0.05, 0.1) is 0 Å². The van der Waals surface area contributed by atoms with E-state index in [1.807, 2.05) is 35.2 Å². The summed E-state index contributed by atoms with van der Waals surface area (Å²) >= 11 is 7.71. The Balaban J connectivity index is 1.42. The Bertz CT molecular complexity index is 693. The van der Waals surface area contributed by atoms with Gasteiger partial charge in [-0.25, -0.2) is 0 Å². The zero-order valence-corrected chi connectivity index (χ0v) is 16.5. The van der Waals surface area contributed by atoms with Gasteiger partial charge in [0.1, 0.15) is 0 Å². The van der Waals surface area contributed by atoms with E-state index in [2.05, 4.69) is 29.2 Å². The van der Waals surface area contributed by atoms with Crippen molar-refractivity contribution < 1.29 is 4.79 Å². The number of benzene rings is 2. The third-order valence-electron chi connectivity index (χ3n) is 4.59. The summed E-state index contributed by atoms with van der Waals surface area (Å²) in [6.07, 6.45) is 1.64. The van der Waals surface area contributed by atoms with Crippen LogP contribution in [0.2, 0.25) is 5.02 Å². The van der Waals surface area contributed by atoms with Crippen LogP contribution in [0.5, 0.6) is 0 Å². The second-order valence-electron chi connectivity index (χ2n) is 6.55. The van der Waals surface area contributed by atoms with Crippen molar-refractivity contribution in [3.8, 4) is 0 Å². The smallest absolute Gasteiger partial charge is 0.223 e. The maximum absolute atomic E-state index is 12.5. The van der Waals surface area contributed by atoms with Crippen LogP contribution in [0.4, 0.5) is 0 Å². The lowest BCUT2D eigenvalue weighted by Gasteiger charge is -2.22. The maximum atomic E-state index is 12.5. The Morgan fingerprint density at radius 1 is 0.962 bits per heavy atom. The molecule has 0 radical (unpaired) electrons. The average Bonchev–Trinajstić information content (AvgIpc) is 2.90. The lowest BCUT2D eigenvalue weighted by Crippen LogP contribution is -2.35. The van der Waals surface area contributed by atoms with Crippen LogP contribution < -0.4 is 0 Å². The van der Waals surface area contributed by atoms with E-state index in [-0.39, 0.29) is 5.91 Å². The monoisotopic (exact) mass is 388 g/mol. The summed E-state index contributed by atoms with van der Waals surface area (Å²) in [4.78, 5) is 18.2. The van der Waals surface area contributed by atoms with Crippen molar-refractivity contribution in [1.82, 2.24) is 9.80 Å². The molecule has 0 aromatic heterocycles. The first kappa shape index (κ1) is 19.3. The molecule has 0 aliphatic carbocycles. The van der Waals surface area contributed by atoms with E-state index in [0.29, 0.717) is 6.42 Å². The van der Waals surface area contributed by atoms with Crippen LogP contribution in [0.25, 0.3) is 0 Å². The van der Waals surface area contributed by atoms with E-state index in [1.165, 1.54) is 10.5 Å². The largest absolute Gasteiger partial charge is 0.341 e. The van der Waals surface area contributed by atoms with E-state index >= 15 is 0 Å². The van der Waals surface area contributed by atoms with E-state index in [0.717, 1.165) is 49.9 Å². The van der Waals surface area contributed by atoms with Gasteiger partial charge >= 0.3 is 0 Å². The van der Waals surface area contributed by atoms with Gasteiger partial charge in [-0.1, -0.05) is 41.9 Å². The molecule has 0 N–H and O–H groups in total. The molecule has 5 heteroatoms. The number of carbonyl (C=O) groups excluding carboxylic acids is 1. The minimum Gasteiger partial charge on any atom is -0.341 e. The van der Waals surface area contributed by atoms with Crippen molar-refractivity contribution in [1.29, 1.82) is 0 Å². The highest BCUT2D eigenvalue weighted by Gasteiger charge is 2.19. The van der Waals surface area contributed by atoms with Crippen molar-refractivity contribution in [3.63, 3.8) is 0 Å². The number of carbonyl (C=O) groups is 1. The quantitative estimate of drug-likeness (QED) is 0.678. The predicted molar refractivity (Wildman–Crippen MR) is 110 cm³/mol. The van der Waals surface area contributed by atoms with Gasteiger partial charge in [-0.05, 0) is 36.2 Å². The van der Waals surface area contributed by atoms with Gasteiger partial charge < -0.3 is 4.90 Å². The number of hydrogen-bond donors (Lipinski definition) is 0. The molecule has 1 amide bonds. The van der Waals surface area contributed by atoms with E-state index < -0.39 is 0 Å². The highest BCUT2D eigenvalue weighted by molar-refractivity contribution is 7.99. The average molecular weight is 389 g/mol. The number of halogens is 1. The van der Waals surface area contributed by atoms with Crippen LogP contribution in [0, 0.1) is 0 Å². The van der Waals surface area contributed by atoms with Crippen LogP contribution in [0.15, 0.2) is 59.5 Å². The molecule has 1 fully saturated rings. The number of amides is 1. The van der Waals surface area contributed by atoms with Crippen LogP contribution in [0.1, 0.15) is 18.4 Å². The minimum absolute atomic E-state index is 0.279. The molecule has 138 valence electrons. The van der Waals surface area contributed by atoms with Crippen LogP contribution in [-0.4, -0.2) is 47.6 Å². The highest BCUT2D eigenvalue weighted by atomic mass is 35.5. The molecule has 3 nitrogen and oxygen atoms in total. The van der Waals surface area contributed by atoms with Crippen LogP contribution >= 0.6 is 23.4 Å². The minimum atomic E-state index is 0.279. The molecule has 2 aromatic rings. The second kappa shape index (κ2) is 10.0. The number of nitrogens with zero attached hydrogens (tertiary/aromatic N) is 2. The zero-order chi connectivity index (χ0) is 18.2. The third-order valence-corrected chi connectivity index (χ3v) is 5.85. The van der Waals surface area contributed by atoms with Gasteiger partial charge in [0.2, 0.25) is 5.91 Å². The van der Waals surface area contributed by atoms with Gasteiger partial charge in [0.25, 0.3) is 0 Å². The first-order chi connectivity index (χ1) is 12.7. The van der Waals surface area contributed by atoms with Crippen molar-refractivity contribution in [2.24, 2.45) is 0 Å². The standard InChI is InChI=1S/C21H25ClN2OS/c22-19-9-7-18(8-10-19)17-23-12-4-13-24(15-14-23)21(25)11-16-26-20-5-2-1-3-6-20/h1-3,5-10H,4,11-17H2. The Morgan fingerprint density at radius 2 is 1.73 bits per heavy atom. The first-order valence-corrected chi connectivity index (χ1v) is 10.5. The summed E-state index contributed by atoms with van der Waals surface area (Å²) in [5.41, 5.74) is 1.27. The van der Waals surface area contributed by atoms with Crippen molar-refractivity contribution in [2.45, 2.75) is 24.3 Å². The summed E-state index contributed by atoms with van der Waals surface area (Å²) in [6.45, 7) is 4.57. The number of thioether (sulfide) groups is 1. The predicted octanol–water partition coefficient (Wildman–Crippen LogP) is 4.56. The molecule has 0 spiro atoms. The van der Waals surface area contributed by atoms with Crippen molar-refractivity contribution in [3.05, 3.63) is 65.2 Å². The van der Waals surface area contributed by atoms with Gasteiger partial charge in [0, 0.05) is 54.8 Å². The topological polar surface area (TPSA) is 23.6 Å². The van der Waals surface area contributed by atoms with Crippen LogP contribution in [-0.2, 0) is 11.3 Å². The summed E-state index contributed by atoms with van der Waals surface area (Å²) in [5, 5.41) is 0.773. The van der Waals surface area contributed by atoms with E-state index in [4.69, 9.17) is 11.6 Å². The van der Waals surface area contributed by atoms with Crippen molar-refractivity contribution in [2.75, 3.05) is 31.9 Å². The lowest BCUT2D eigenvalue weighted by atomic mass is 10.2. The van der Waals surface area contributed by atoms with Gasteiger partial charge in [-0.3, -0.25) is 9.69 Å². The molecule has 26 heavy (non-hydrogen) atoms. The van der Waals surface area contributed by atoms with Gasteiger partial charge in [-0.2, -0.15) is 0 Å². The molecule has 2 aromatic carbocycles. The molecule has 1 aliphatic rings. The van der Waals surface area contributed by atoms with Crippen molar-refractivity contribution >= 4 is 29.3 Å². The SMILES string of the molecule is O=C(CCSc1ccccc1)N1CCCN(Cc2ccc(Cl)cc2)CC1. The maximum Gasteiger partial charge on any atom is 0.223 e. The molecule has 0 saturated carbocycles. The summed E-state index contributed by atoms with van der Waals surface area (Å²) in [7, 11) is 0. The number of hydrogen-bond acceptors (Lipinski definition) is 3. The molecule has 0 bridgehead atoms. The van der Waals surface area contributed by atoms with Crippen LogP contribution in [0.3, 0.4) is 0 Å². The lowest BCUT2D eigenvalue weighted by molar-refractivity contribution is -0.130. The third kappa shape index (κ3) is 6.04. The summed E-state index contributed by atoms with van der Waals surface area (Å²) in [5.74, 6) is 1.12. The Hall–Kier alpha value is -1.49. The van der Waals surface area contributed by atoms with E-state index in [1.54, 1.807) is 11.8 Å². The molecule has 0 atom stereocenters. The highest BCUT2D eigenvalue weighted by Crippen LogP contribution is 2.19. The number of rotatable bonds is 6. The van der Waals surface area contributed by atoms with Gasteiger partial charge in [0.15, 0.2) is 0 Å². The first-order valence-electron chi connectivity index (χ1n) is 9.13. The Labute approximate surface area is 165 Å². The molecule has 1 aliphatic heterocycles. The molecule has 1 saturated heterocycles. The fourth-order valence-electron chi connectivity index (χ4n) is 3.16. The second-order valence-corrected chi connectivity index (χ2v) is 8.15. The molecule has 3 rings (SSSR count). The Kier molecular flexibility index (Phi) is 7.42. The Morgan fingerprint density at radius 3 is 2.50 bits per heavy atom. The fourth-order valence-corrected chi connectivity index (χ4v) is 4.15. The fraction of sp³-hybridized carbons (Fsp3) is 0.381. The molecular weight excluding hydrogens is 364 g/mol. The van der Waals surface area contributed by atoms with Gasteiger partial charge in [-0.15, -0.1) is 11.8 Å². The summed E-state index contributed by atoms with van der Waals surface area (Å²) in [6, 6.07) is 18.3. The summed E-state index contributed by atoms with van der Waals surface area (Å²) < 4.78 is 0. The molecule has 0 unspecified atom stereocenters.